The summed E-state index contributed by atoms with van der Waals surface area (Å²) in [7, 11) is 0. The van der Waals surface area contributed by atoms with Crippen molar-refractivity contribution in [1.29, 1.82) is 0 Å². The molecule has 0 aliphatic heterocycles. The smallest absolute Gasteiger partial charge is 0.0361 e. The first-order valence-electron chi connectivity index (χ1n) is 4.21. The second-order valence-corrected chi connectivity index (χ2v) is 2.56. The van der Waals surface area contributed by atoms with E-state index >= 15 is 0 Å². The van der Waals surface area contributed by atoms with Gasteiger partial charge in [-0.05, 0) is 31.9 Å². The summed E-state index contributed by atoms with van der Waals surface area (Å²) < 4.78 is 0. The number of nitrogens with zero attached hydrogens (tertiary/aromatic N) is 1. The molecule has 0 spiro atoms. The molecule has 0 saturated carbocycles. The Labute approximate surface area is 75.2 Å². The van der Waals surface area contributed by atoms with Crippen LogP contribution in [0.1, 0.15) is 20.8 Å². The molecule has 0 bridgehead atoms. The molecule has 0 aromatic carbocycles. The predicted molar refractivity (Wildman–Crippen MR) is 56.7 cm³/mol. The average Bonchev–Trinajstić information content (AvgIpc) is 2.04. The van der Waals surface area contributed by atoms with Crippen molar-refractivity contribution in [2.24, 2.45) is 4.99 Å². The van der Waals surface area contributed by atoms with Crippen molar-refractivity contribution in [2.45, 2.75) is 20.8 Å². The second kappa shape index (κ2) is 6.59. The van der Waals surface area contributed by atoms with Gasteiger partial charge in [-0.25, -0.2) is 0 Å². The van der Waals surface area contributed by atoms with Gasteiger partial charge in [-0.15, -0.1) is 0 Å². The third-order valence-corrected chi connectivity index (χ3v) is 1.37. The first-order chi connectivity index (χ1) is 5.72. The second-order valence-electron chi connectivity index (χ2n) is 2.56. The third kappa shape index (κ3) is 4.67. The number of hydrogen-bond donors (Lipinski definition) is 0. The lowest BCUT2D eigenvalue weighted by Gasteiger charge is -1.96. The highest BCUT2D eigenvalue weighted by Crippen LogP contribution is 2.03. The Morgan fingerprint density at radius 2 is 2.17 bits per heavy atom. The molecule has 1 heteroatoms. The molecule has 66 valence electrons. The standard InChI is InChI=1S/C11H17N/c1-5-7-8-11(10(3)4)9-12-6-2/h5,7-9H,3,6H2,1-2,4H3/b7-5-,11-8-,12-9?. The summed E-state index contributed by atoms with van der Waals surface area (Å²) in [5.41, 5.74) is 2.14. The first kappa shape index (κ1) is 10.9. The molecule has 0 amide bonds. The molecule has 0 radical (unpaired) electrons. The highest BCUT2D eigenvalue weighted by molar-refractivity contribution is 5.84. The van der Waals surface area contributed by atoms with Crippen LogP contribution < -0.4 is 0 Å². The van der Waals surface area contributed by atoms with Crippen LogP contribution in [0.4, 0.5) is 0 Å². The minimum Gasteiger partial charge on any atom is -0.293 e. The predicted octanol–water partition coefficient (Wildman–Crippen LogP) is 3.16. The molecule has 12 heavy (non-hydrogen) atoms. The van der Waals surface area contributed by atoms with E-state index in [1.54, 1.807) is 0 Å². The molecule has 0 aromatic heterocycles. The fourth-order valence-corrected chi connectivity index (χ4v) is 0.685. The van der Waals surface area contributed by atoms with E-state index in [0.717, 1.165) is 17.7 Å². The summed E-state index contributed by atoms with van der Waals surface area (Å²) in [6, 6.07) is 0. The number of hydrogen-bond acceptors (Lipinski definition) is 1. The molecule has 0 rings (SSSR count). The summed E-state index contributed by atoms with van der Waals surface area (Å²) in [5.74, 6) is 0. The van der Waals surface area contributed by atoms with Crippen LogP contribution in [0.25, 0.3) is 0 Å². The zero-order chi connectivity index (χ0) is 9.40. The Morgan fingerprint density at radius 3 is 2.58 bits per heavy atom. The molecule has 0 saturated heterocycles. The van der Waals surface area contributed by atoms with E-state index in [-0.39, 0.29) is 0 Å². The Kier molecular flexibility index (Phi) is 5.98. The number of aliphatic imine (C=N–C) groups is 1. The van der Waals surface area contributed by atoms with E-state index < -0.39 is 0 Å². The van der Waals surface area contributed by atoms with Crippen molar-refractivity contribution in [3.05, 3.63) is 36.0 Å². The molecule has 0 atom stereocenters. The van der Waals surface area contributed by atoms with Gasteiger partial charge in [-0.2, -0.15) is 0 Å². The molecule has 1 nitrogen and oxygen atoms in total. The Hall–Kier alpha value is -1.11. The molecule has 0 N–H and O–H groups in total. The molecule has 0 aromatic rings. The van der Waals surface area contributed by atoms with Crippen LogP contribution in [-0.2, 0) is 0 Å². The highest BCUT2D eigenvalue weighted by Gasteiger charge is 1.89. The number of rotatable bonds is 4. The maximum atomic E-state index is 4.16. The molecule has 0 unspecified atom stereocenters. The van der Waals surface area contributed by atoms with E-state index in [2.05, 4.69) is 11.6 Å². The van der Waals surface area contributed by atoms with E-state index in [0.29, 0.717) is 0 Å². The van der Waals surface area contributed by atoms with E-state index in [4.69, 9.17) is 0 Å². The van der Waals surface area contributed by atoms with Gasteiger partial charge in [0.15, 0.2) is 0 Å². The van der Waals surface area contributed by atoms with E-state index in [1.807, 2.05) is 45.2 Å². The largest absolute Gasteiger partial charge is 0.293 e. The molecule has 0 aliphatic rings. The van der Waals surface area contributed by atoms with Gasteiger partial charge in [0.2, 0.25) is 0 Å². The van der Waals surface area contributed by atoms with Crippen LogP contribution in [0.2, 0.25) is 0 Å². The minimum absolute atomic E-state index is 0.820. The molecular formula is C11H17N. The summed E-state index contributed by atoms with van der Waals surface area (Å²) in [6.07, 6.45) is 7.86. The Bertz CT molecular complexity index is 219. The first-order valence-corrected chi connectivity index (χ1v) is 4.21. The van der Waals surface area contributed by atoms with Crippen molar-refractivity contribution >= 4 is 6.21 Å². The van der Waals surface area contributed by atoms with Crippen molar-refractivity contribution in [3.63, 3.8) is 0 Å². The lowest BCUT2D eigenvalue weighted by atomic mass is 10.1. The summed E-state index contributed by atoms with van der Waals surface area (Å²) in [4.78, 5) is 4.16. The van der Waals surface area contributed by atoms with Crippen molar-refractivity contribution < 1.29 is 0 Å². The van der Waals surface area contributed by atoms with E-state index in [9.17, 15) is 0 Å². The fourth-order valence-electron chi connectivity index (χ4n) is 0.685. The summed E-state index contributed by atoms with van der Waals surface area (Å²) >= 11 is 0. The van der Waals surface area contributed by atoms with Gasteiger partial charge in [-0.1, -0.05) is 24.8 Å². The van der Waals surface area contributed by atoms with Gasteiger partial charge >= 0.3 is 0 Å². The fraction of sp³-hybridized carbons (Fsp3) is 0.364. The SMILES string of the molecule is C=C(C)/C(C=NCC)=C\C=C/C. The minimum atomic E-state index is 0.820. The normalized spacial score (nSPS) is 13.1. The number of allylic oxidation sites excluding steroid dienone is 5. The van der Waals surface area contributed by atoms with Crippen LogP contribution in [0.3, 0.4) is 0 Å². The average molecular weight is 163 g/mol. The van der Waals surface area contributed by atoms with Crippen LogP contribution >= 0.6 is 0 Å². The summed E-state index contributed by atoms with van der Waals surface area (Å²) in [5, 5.41) is 0. The summed E-state index contributed by atoms with van der Waals surface area (Å²) in [6.45, 7) is 10.7. The lowest BCUT2D eigenvalue weighted by Crippen LogP contribution is -1.86. The van der Waals surface area contributed by atoms with Crippen molar-refractivity contribution in [1.82, 2.24) is 0 Å². The van der Waals surface area contributed by atoms with Gasteiger partial charge < -0.3 is 0 Å². The van der Waals surface area contributed by atoms with Gasteiger partial charge in [0.05, 0.1) is 0 Å². The van der Waals surface area contributed by atoms with Crippen LogP contribution in [0.15, 0.2) is 40.9 Å². The molecule has 0 aliphatic carbocycles. The zero-order valence-corrected chi connectivity index (χ0v) is 8.17. The zero-order valence-electron chi connectivity index (χ0n) is 8.17. The highest BCUT2D eigenvalue weighted by atomic mass is 14.7. The van der Waals surface area contributed by atoms with E-state index in [1.165, 1.54) is 0 Å². The van der Waals surface area contributed by atoms with Crippen molar-refractivity contribution in [2.75, 3.05) is 6.54 Å². The Balaban J connectivity index is 4.43. The van der Waals surface area contributed by atoms with Gasteiger partial charge in [0.25, 0.3) is 0 Å². The molecule has 0 heterocycles. The maximum Gasteiger partial charge on any atom is 0.0361 e. The molecular weight excluding hydrogens is 146 g/mol. The van der Waals surface area contributed by atoms with Gasteiger partial charge in [-0.3, -0.25) is 4.99 Å². The Morgan fingerprint density at radius 1 is 1.50 bits per heavy atom. The van der Waals surface area contributed by atoms with Crippen LogP contribution in [-0.4, -0.2) is 12.8 Å². The lowest BCUT2D eigenvalue weighted by molar-refractivity contribution is 1.14. The van der Waals surface area contributed by atoms with Gasteiger partial charge in [0.1, 0.15) is 0 Å². The quantitative estimate of drug-likeness (QED) is 0.446. The third-order valence-electron chi connectivity index (χ3n) is 1.37. The van der Waals surface area contributed by atoms with Crippen molar-refractivity contribution in [3.8, 4) is 0 Å². The van der Waals surface area contributed by atoms with Crippen LogP contribution in [0.5, 0.6) is 0 Å². The molecule has 0 fully saturated rings. The topological polar surface area (TPSA) is 12.4 Å². The monoisotopic (exact) mass is 163 g/mol. The van der Waals surface area contributed by atoms with Crippen LogP contribution in [0, 0.1) is 0 Å². The van der Waals surface area contributed by atoms with Gasteiger partial charge in [0, 0.05) is 12.8 Å². The maximum absolute atomic E-state index is 4.16.